The summed E-state index contributed by atoms with van der Waals surface area (Å²) in [7, 11) is 1.73. The van der Waals surface area contributed by atoms with Crippen LogP contribution in [0.4, 0.5) is 0 Å². The molecule has 3 N–H and O–H groups in total. The predicted octanol–water partition coefficient (Wildman–Crippen LogP) is -0.0509. The van der Waals surface area contributed by atoms with Crippen molar-refractivity contribution in [1.29, 1.82) is 0 Å². The van der Waals surface area contributed by atoms with Gasteiger partial charge >= 0.3 is 0 Å². The Morgan fingerprint density at radius 1 is 1.47 bits per heavy atom. The first kappa shape index (κ1) is 14.4. The van der Waals surface area contributed by atoms with Gasteiger partial charge in [-0.05, 0) is 26.7 Å². The van der Waals surface area contributed by atoms with Gasteiger partial charge in [0.25, 0.3) is 0 Å². The summed E-state index contributed by atoms with van der Waals surface area (Å²) in [5.74, 6) is -0.238. The van der Waals surface area contributed by atoms with Gasteiger partial charge in [0.2, 0.25) is 5.91 Å². The quantitative estimate of drug-likeness (QED) is 0.686. The number of hydrogen-bond donors (Lipinski definition) is 2. The topological polar surface area (TPSA) is 67.6 Å². The number of carbonyl (C=O) groups excluding carboxylic acids is 1. The summed E-state index contributed by atoms with van der Waals surface area (Å²) in [5, 5.41) is 3.58. The van der Waals surface area contributed by atoms with Crippen molar-refractivity contribution in [1.82, 2.24) is 10.2 Å². The van der Waals surface area contributed by atoms with Gasteiger partial charge in [0, 0.05) is 32.3 Å². The van der Waals surface area contributed by atoms with Crippen LogP contribution in [0.5, 0.6) is 0 Å². The molecular weight excluding hydrogens is 218 g/mol. The van der Waals surface area contributed by atoms with Crippen LogP contribution in [0.1, 0.15) is 26.7 Å². The van der Waals surface area contributed by atoms with Crippen molar-refractivity contribution < 1.29 is 9.53 Å². The fraction of sp³-hybridized carbons (Fsp3) is 0.917. The number of hydrogen-bond acceptors (Lipinski definition) is 4. The molecule has 5 heteroatoms. The molecule has 0 aromatic carbocycles. The number of methoxy groups -OCH3 is 1. The second-order valence-electron chi connectivity index (χ2n) is 4.91. The number of piperidine rings is 1. The van der Waals surface area contributed by atoms with Crippen LogP contribution in [-0.2, 0) is 9.53 Å². The van der Waals surface area contributed by atoms with Crippen LogP contribution in [0.2, 0.25) is 0 Å². The molecular formula is C12H25N3O2. The first-order valence-corrected chi connectivity index (χ1v) is 6.32. The average Bonchev–Trinajstić information content (AvgIpc) is 2.30. The van der Waals surface area contributed by atoms with Gasteiger partial charge < -0.3 is 15.8 Å². The van der Waals surface area contributed by atoms with Crippen molar-refractivity contribution in [3.05, 3.63) is 0 Å². The number of carbonyl (C=O) groups is 1. The van der Waals surface area contributed by atoms with Crippen molar-refractivity contribution in [2.75, 3.05) is 26.7 Å². The lowest BCUT2D eigenvalue weighted by molar-refractivity contribution is -0.119. The SMILES string of the molecule is COC(C)C(C)NC1CCN(CC(N)=O)CC1. The van der Waals surface area contributed by atoms with E-state index in [2.05, 4.69) is 24.1 Å². The third-order valence-corrected chi connectivity index (χ3v) is 3.54. The molecule has 1 aliphatic rings. The summed E-state index contributed by atoms with van der Waals surface area (Å²) in [6.07, 6.45) is 2.35. The van der Waals surface area contributed by atoms with E-state index in [1.165, 1.54) is 0 Å². The fourth-order valence-corrected chi connectivity index (χ4v) is 2.19. The molecule has 100 valence electrons. The van der Waals surface area contributed by atoms with E-state index < -0.39 is 0 Å². The van der Waals surface area contributed by atoms with Crippen molar-refractivity contribution >= 4 is 5.91 Å². The Hall–Kier alpha value is -0.650. The molecule has 1 amide bonds. The molecule has 1 heterocycles. The van der Waals surface area contributed by atoms with E-state index in [9.17, 15) is 4.79 Å². The lowest BCUT2D eigenvalue weighted by Gasteiger charge is -2.34. The first-order chi connectivity index (χ1) is 8.02. The standard InChI is InChI=1S/C12H25N3O2/c1-9(10(2)17-3)14-11-4-6-15(7-5-11)8-12(13)16/h9-11,14H,4-8H2,1-3H3,(H2,13,16). The predicted molar refractivity (Wildman–Crippen MR) is 67.7 cm³/mol. The minimum atomic E-state index is -0.238. The van der Waals surface area contributed by atoms with E-state index in [1.807, 2.05) is 0 Å². The van der Waals surface area contributed by atoms with E-state index in [4.69, 9.17) is 10.5 Å². The van der Waals surface area contributed by atoms with Gasteiger partial charge in [0.05, 0.1) is 12.6 Å². The Bertz CT molecular complexity index is 240. The molecule has 5 nitrogen and oxygen atoms in total. The molecule has 0 radical (unpaired) electrons. The molecule has 0 aromatic heterocycles. The second-order valence-corrected chi connectivity index (χ2v) is 4.91. The van der Waals surface area contributed by atoms with E-state index >= 15 is 0 Å². The lowest BCUT2D eigenvalue weighted by Crippen LogP contribution is -2.49. The zero-order chi connectivity index (χ0) is 12.8. The van der Waals surface area contributed by atoms with Gasteiger partial charge in [-0.3, -0.25) is 9.69 Å². The van der Waals surface area contributed by atoms with Crippen LogP contribution < -0.4 is 11.1 Å². The molecule has 2 unspecified atom stereocenters. The molecule has 17 heavy (non-hydrogen) atoms. The monoisotopic (exact) mass is 243 g/mol. The molecule has 0 bridgehead atoms. The summed E-state index contributed by atoms with van der Waals surface area (Å²) in [6, 6.07) is 0.874. The number of ether oxygens (including phenoxy) is 1. The zero-order valence-electron chi connectivity index (χ0n) is 11.1. The summed E-state index contributed by atoms with van der Waals surface area (Å²) in [5.41, 5.74) is 5.18. The maximum atomic E-state index is 10.8. The average molecular weight is 243 g/mol. The summed E-state index contributed by atoms with van der Waals surface area (Å²) < 4.78 is 5.29. The summed E-state index contributed by atoms with van der Waals surface area (Å²) in [6.45, 7) is 6.48. The van der Waals surface area contributed by atoms with Crippen molar-refractivity contribution in [2.24, 2.45) is 5.73 Å². The van der Waals surface area contributed by atoms with Crippen molar-refractivity contribution in [3.8, 4) is 0 Å². The zero-order valence-corrected chi connectivity index (χ0v) is 11.1. The van der Waals surface area contributed by atoms with E-state index in [-0.39, 0.29) is 12.0 Å². The Kier molecular flexibility index (Phi) is 5.88. The lowest BCUT2D eigenvalue weighted by atomic mass is 10.0. The molecule has 1 fully saturated rings. The Balaban J connectivity index is 2.25. The van der Waals surface area contributed by atoms with Crippen LogP contribution >= 0.6 is 0 Å². The third-order valence-electron chi connectivity index (χ3n) is 3.54. The van der Waals surface area contributed by atoms with E-state index in [1.54, 1.807) is 7.11 Å². The number of primary amides is 1. The summed E-state index contributed by atoms with van der Waals surface area (Å²) in [4.78, 5) is 12.9. The number of likely N-dealkylation sites (tertiary alicyclic amines) is 1. The fourth-order valence-electron chi connectivity index (χ4n) is 2.19. The number of nitrogens with two attached hydrogens (primary N) is 1. The maximum Gasteiger partial charge on any atom is 0.231 e. The Labute approximate surface area is 104 Å². The largest absolute Gasteiger partial charge is 0.380 e. The van der Waals surface area contributed by atoms with Crippen LogP contribution in [0, 0.1) is 0 Å². The number of rotatable bonds is 6. The van der Waals surface area contributed by atoms with Gasteiger partial charge in [-0.25, -0.2) is 0 Å². The molecule has 0 aliphatic carbocycles. The van der Waals surface area contributed by atoms with Crippen LogP contribution in [0.15, 0.2) is 0 Å². The molecule has 2 atom stereocenters. The van der Waals surface area contributed by atoms with Gasteiger partial charge in [0.1, 0.15) is 0 Å². The van der Waals surface area contributed by atoms with Gasteiger partial charge in [-0.15, -0.1) is 0 Å². The maximum absolute atomic E-state index is 10.8. The Morgan fingerprint density at radius 2 is 2.06 bits per heavy atom. The van der Waals surface area contributed by atoms with E-state index in [0.29, 0.717) is 18.6 Å². The number of nitrogens with zero attached hydrogens (tertiary/aromatic N) is 1. The number of amides is 1. The molecule has 0 spiro atoms. The molecule has 1 rings (SSSR count). The highest BCUT2D eigenvalue weighted by Gasteiger charge is 2.22. The second kappa shape index (κ2) is 6.93. The van der Waals surface area contributed by atoms with Crippen molar-refractivity contribution in [2.45, 2.75) is 44.9 Å². The normalized spacial score (nSPS) is 22.3. The minimum absolute atomic E-state index is 0.221. The molecule has 1 aliphatic heterocycles. The van der Waals surface area contributed by atoms with Crippen LogP contribution in [0.25, 0.3) is 0 Å². The summed E-state index contributed by atoms with van der Waals surface area (Å²) >= 11 is 0. The van der Waals surface area contributed by atoms with Crippen LogP contribution in [-0.4, -0.2) is 55.7 Å². The first-order valence-electron chi connectivity index (χ1n) is 6.32. The number of nitrogens with one attached hydrogen (secondary N) is 1. The van der Waals surface area contributed by atoms with Gasteiger partial charge in [-0.2, -0.15) is 0 Å². The minimum Gasteiger partial charge on any atom is -0.380 e. The molecule has 0 saturated carbocycles. The third kappa shape index (κ3) is 5.02. The Morgan fingerprint density at radius 3 is 2.53 bits per heavy atom. The van der Waals surface area contributed by atoms with Gasteiger partial charge in [0.15, 0.2) is 0 Å². The smallest absolute Gasteiger partial charge is 0.231 e. The van der Waals surface area contributed by atoms with E-state index in [0.717, 1.165) is 25.9 Å². The molecule has 1 saturated heterocycles. The van der Waals surface area contributed by atoms with Crippen LogP contribution in [0.3, 0.4) is 0 Å². The highest BCUT2D eigenvalue weighted by molar-refractivity contribution is 5.75. The highest BCUT2D eigenvalue weighted by Crippen LogP contribution is 2.11. The highest BCUT2D eigenvalue weighted by atomic mass is 16.5. The molecule has 0 aromatic rings. The van der Waals surface area contributed by atoms with Crippen molar-refractivity contribution in [3.63, 3.8) is 0 Å². The van der Waals surface area contributed by atoms with Gasteiger partial charge in [-0.1, -0.05) is 0 Å².